The third-order valence-corrected chi connectivity index (χ3v) is 2.10. The predicted molar refractivity (Wildman–Crippen MR) is 58.9 cm³/mol. The van der Waals surface area contributed by atoms with E-state index in [0.717, 1.165) is 17.4 Å². The van der Waals surface area contributed by atoms with E-state index in [-0.39, 0.29) is 0 Å². The van der Waals surface area contributed by atoms with E-state index < -0.39 is 0 Å². The summed E-state index contributed by atoms with van der Waals surface area (Å²) in [6.45, 7) is 1.80. The molecule has 62 valence electrons. The highest BCUT2D eigenvalue weighted by Crippen LogP contribution is 2.10. The lowest BCUT2D eigenvalue weighted by atomic mass is 10.1. The van der Waals surface area contributed by atoms with Crippen LogP contribution in [0.15, 0.2) is 29.8 Å². The molecule has 0 atom stereocenters. The molecular weight excluding hydrogens is 263 g/mol. The standard InChI is InChI=1S/C10H9IO/c1-8(7-12)5-9-3-2-4-10(11)6-9/h2-7H,1H3/b8-5-. The molecule has 1 nitrogen and oxygen atoms in total. The van der Waals surface area contributed by atoms with E-state index in [9.17, 15) is 4.79 Å². The van der Waals surface area contributed by atoms with E-state index in [1.807, 2.05) is 30.3 Å². The van der Waals surface area contributed by atoms with Gasteiger partial charge in [-0.3, -0.25) is 4.79 Å². The number of carbonyl (C=O) groups is 1. The first-order chi connectivity index (χ1) is 5.72. The van der Waals surface area contributed by atoms with Crippen molar-refractivity contribution in [1.82, 2.24) is 0 Å². The average Bonchev–Trinajstić information content (AvgIpc) is 2.04. The van der Waals surface area contributed by atoms with Gasteiger partial charge in [0.2, 0.25) is 0 Å². The number of carbonyl (C=O) groups excluding carboxylic acids is 1. The SMILES string of the molecule is C/C(C=O)=C/c1cccc(I)c1. The zero-order chi connectivity index (χ0) is 8.97. The summed E-state index contributed by atoms with van der Waals surface area (Å²) in [4.78, 5) is 10.3. The lowest BCUT2D eigenvalue weighted by Crippen LogP contribution is -1.78. The van der Waals surface area contributed by atoms with Crippen LogP contribution in [0.25, 0.3) is 6.08 Å². The zero-order valence-corrected chi connectivity index (χ0v) is 8.91. The Morgan fingerprint density at radius 2 is 2.25 bits per heavy atom. The molecule has 0 radical (unpaired) electrons. The lowest BCUT2D eigenvalue weighted by molar-refractivity contribution is -0.104. The van der Waals surface area contributed by atoms with Crippen molar-refractivity contribution in [3.05, 3.63) is 39.0 Å². The Labute approximate surface area is 85.6 Å². The van der Waals surface area contributed by atoms with Gasteiger partial charge in [0.15, 0.2) is 0 Å². The summed E-state index contributed by atoms with van der Waals surface area (Å²) >= 11 is 2.25. The van der Waals surface area contributed by atoms with Crippen LogP contribution in [0.5, 0.6) is 0 Å². The summed E-state index contributed by atoms with van der Waals surface area (Å²) in [5.41, 5.74) is 1.82. The molecule has 1 aromatic carbocycles. The van der Waals surface area contributed by atoms with Crippen LogP contribution >= 0.6 is 22.6 Å². The van der Waals surface area contributed by atoms with Crippen LogP contribution in [0.1, 0.15) is 12.5 Å². The van der Waals surface area contributed by atoms with Gasteiger partial charge in [-0.1, -0.05) is 12.1 Å². The van der Waals surface area contributed by atoms with Gasteiger partial charge in [0.05, 0.1) is 0 Å². The summed E-state index contributed by atoms with van der Waals surface area (Å²) in [5.74, 6) is 0. The van der Waals surface area contributed by atoms with Gasteiger partial charge in [0, 0.05) is 3.57 Å². The molecular formula is C10H9IO. The molecule has 12 heavy (non-hydrogen) atoms. The number of aldehydes is 1. The molecule has 0 saturated carbocycles. The van der Waals surface area contributed by atoms with E-state index in [0.29, 0.717) is 0 Å². The fraction of sp³-hybridized carbons (Fsp3) is 0.100. The van der Waals surface area contributed by atoms with Crippen LogP contribution in [0.2, 0.25) is 0 Å². The predicted octanol–water partition coefficient (Wildman–Crippen LogP) is 2.89. The van der Waals surface area contributed by atoms with Gasteiger partial charge >= 0.3 is 0 Å². The van der Waals surface area contributed by atoms with Crippen LogP contribution in [0.3, 0.4) is 0 Å². The summed E-state index contributed by atoms with van der Waals surface area (Å²) in [7, 11) is 0. The van der Waals surface area contributed by atoms with Crippen LogP contribution in [0, 0.1) is 3.57 Å². The fourth-order valence-electron chi connectivity index (χ4n) is 0.893. The Kier molecular flexibility index (Phi) is 3.47. The molecule has 0 N–H and O–H groups in total. The van der Waals surface area contributed by atoms with E-state index in [1.54, 1.807) is 6.92 Å². The summed E-state index contributed by atoms with van der Waals surface area (Å²) in [5, 5.41) is 0. The highest BCUT2D eigenvalue weighted by molar-refractivity contribution is 14.1. The molecule has 0 saturated heterocycles. The van der Waals surface area contributed by atoms with Crippen molar-refractivity contribution >= 4 is 35.0 Å². The van der Waals surface area contributed by atoms with E-state index in [2.05, 4.69) is 22.6 Å². The van der Waals surface area contributed by atoms with Gasteiger partial charge in [-0.2, -0.15) is 0 Å². The zero-order valence-electron chi connectivity index (χ0n) is 6.75. The van der Waals surface area contributed by atoms with Gasteiger partial charge in [0.25, 0.3) is 0 Å². The minimum absolute atomic E-state index is 0.747. The quantitative estimate of drug-likeness (QED) is 0.459. The molecule has 0 spiro atoms. The van der Waals surface area contributed by atoms with Gasteiger partial charge in [0.1, 0.15) is 6.29 Å². The average molecular weight is 272 g/mol. The van der Waals surface area contributed by atoms with Crippen molar-refractivity contribution in [2.45, 2.75) is 6.92 Å². The van der Waals surface area contributed by atoms with E-state index in [1.165, 1.54) is 3.57 Å². The van der Waals surface area contributed by atoms with Crippen molar-refractivity contribution < 1.29 is 4.79 Å². The molecule has 0 unspecified atom stereocenters. The van der Waals surface area contributed by atoms with Crippen LogP contribution in [-0.2, 0) is 4.79 Å². The third kappa shape index (κ3) is 2.77. The number of benzene rings is 1. The van der Waals surface area contributed by atoms with Gasteiger partial charge in [-0.05, 0) is 58.9 Å². The number of hydrogen-bond acceptors (Lipinski definition) is 1. The number of hydrogen-bond donors (Lipinski definition) is 0. The monoisotopic (exact) mass is 272 g/mol. The minimum atomic E-state index is 0.747. The number of rotatable bonds is 2. The van der Waals surface area contributed by atoms with Crippen molar-refractivity contribution in [2.75, 3.05) is 0 Å². The first-order valence-electron chi connectivity index (χ1n) is 3.61. The highest BCUT2D eigenvalue weighted by Gasteiger charge is 1.90. The molecule has 1 aromatic rings. The Morgan fingerprint density at radius 3 is 2.83 bits per heavy atom. The normalized spacial score (nSPS) is 11.3. The molecule has 1 rings (SSSR count). The van der Waals surface area contributed by atoms with Crippen LogP contribution in [-0.4, -0.2) is 6.29 Å². The summed E-state index contributed by atoms with van der Waals surface area (Å²) < 4.78 is 1.18. The summed E-state index contributed by atoms with van der Waals surface area (Å²) in [6, 6.07) is 8.02. The number of allylic oxidation sites excluding steroid dienone is 1. The Morgan fingerprint density at radius 1 is 1.50 bits per heavy atom. The molecule has 0 aliphatic carbocycles. The molecule has 0 amide bonds. The van der Waals surface area contributed by atoms with Crippen molar-refractivity contribution in [3.8, 4) is 0 Å². The Bertz CT molecular complexity index is 315. The van der Waals surface area contributed by atoms with Gasteiger partial charge in [-0.15, -0.1) is 0 Å². The van der Waals surface area contributed by atoms with Gasteiger partial charge in [-0.25, -0.2) is 0 Å². The minimum Gasteiger partial charge on any atom is -0.298 e. The fourth-order valence-corrected chi connectivity index (χ4v) is 1.46. The first kappa shape index (κ1) is 9.45. The molecule has 0 aliphatic heterocycles. The van der Waals surface area contributed by atoms with E-state index in [4.69, 9.17) is 0 Å². The smallest absolute Gasteiger partial charge is 0.145 e. The topological polar surface area (TPSA) is 17.1 Å². The van der Waals surface area contributed by atoms with E-state index >= 15 is 0 Å². The second-order valence-electron chi connectivity index (χ2n) is 2.56. The van der Waals surface area contributed by atoms with Crippen molar-refractivity contribution in [2.24, 2.45) is 0 Å². The molecule has 0 bridgehead atoms. The molecule has 0 aromatic heterocycles. The van der Waals surface area contributed by atoms with Crippen LogP contribution in [0.4, 0.5) is 0 Å². The largest absolute Gasteiger partial charge is 0.298 e. The molecule has 0 fully saturated rings. The Hall–Kier alpha value is -0.640. The Balaban J connectivity index is 2.97. The number of halogens is 1. The first-order valence-corrected chi connectivity index (χ1v) is 4.69. The van der Waals surface area contributed by atoms with Crippen molar-refractivity contribution in [3.63, 3.8) is 0 Å². The van der Waals surface area contributed by atoms with Crippen LogP contribution < -0.4 is 0 Å². The molecule has 2 heteroatoms. The highest BCUT2D eigenvalue weighted by atomic mass is 127. The van der Waals surface area contributed by atoms with Crippen molar-refractivity contribution in [1.29, 1.82) is 0 Å². The second kappa shape index (κ2) is 4.40. The molecule has 0 heterocycles. The lowest BCUT2D eigenvalue weighted by Gasteiger charge is -1.94. The molecule has 0 aliphatic rings. The summed E-state index contributed by atoms with van der Waals surface area (Å²) in [6.07, 6.45) is 2.73. The van der Waals surface area contributed by atoms with Gasteiger partial charge < -0.3 is 0 Å². The maximum absolute atomic E-state index is 10.3. The maximum atomic E-state index is 10.3. The maximum Gasteiger partial charge on any atom is 0.145 e. The second-order valence-corrected chi connectivity index (χ2v) is 3.81. The third-order valence-electron chi connectivity index (χ3n) is 1.43.